The normalized spacial score (nSPS) is 20.9. The van der Waals surface area contributed by atoms with Crippen molar-refractivity contribution >= 4 is 11.8 Å². The van der Waals surface area contributed by atoms with Crippen LogP contribution in [-0.4, -0.2) is 35.8 Å². The van der Waals surface area contributed by atoms with Crippen molar-refractivity contribution in [3.8, 4) is 6.07 Å². The van der Waals surface area contributed by atoms with Crippen LogP contribution in [0, 0.1) is 17.2 Å². The summed E-state index contributed by atoms with van der Waals surface area (Å²) in [7, 11) is 0. The molecule has 1 saturated heterocycles. The monoisotopic (exact) mass is 283 g/mol. The molecule has 1 atom stereocenters. The first-order chi connectivity index (χ1) is 10.2. The fraction of sp³-hybridized carbons (Fsp3) is 0.438. The van der Waals surface area contributed by atoms with Crippen molar-refractivity contribution in [1.29, 1.82) is 5.26 Å². The van der Waals surface area contributed by atoms with Crippen LogP contribution in [0.5, 0.6) is 0 Å². The zero-order chi connectivity index (χ0) is 14.8. The number of nitrogens with zero attached hydrogens (tertiary/aromatic N) is 2. The molecule has 1 aromatic carbocycles. The first kappa shape index (κ1) is 13.6. The average Bonchev–Trinajstić information content (AvgIpc) is 3.26. The van der Waals surface area contributed by atoms with Gasteiger partial charge in [0.2, 0.25) is 5.91 Å². The van der Waals surface area contributed by atoms with E-state index in [1.807, 2.05) is 11.0 Å². The van der Waals surface area contributed by atoms with Gasteiger partial charge in [0.15, 0.2) is 0 Å². The largest absolute Gasteiger partial charge is 0.347 e. The molecule has 1 aliphatic carbocycles. The van der Waals surface area contributed by atoms with Crippen LogP contribution in [-0.2, 0) is 4.79 Å². The summed E-state index contributed by atoms with van der Waals surface area (Å²) in [6.45, 7) is 1.34. The number of nitrogens with one attached hydrogen (secondary N) is 1. The number of carbonyl (C=O) groups excluding carboxylic acids is 2. The summed E-state index contributed by atoms with van der Waals surface area (Å²) in [6.07, 6.45) is 2.83. The fourth-order valence-electron chi connectivity index (χ4n) is 2.63. The number of nitriles is 1. The van der Waals surface area contributed by atoms with Gasteiger partial charge in [0.1, 0.15) is 0 Å². The van der Waals surface area contributed by atoms with Crippen molar-refractivity contribution < 1.29 is 9.59 Å². The summed E-state index contributed by atoms with van der Waals surface area (Å²) in [5, 5.41) is 11.7. The van der Waals surface area contributed by atoms with Crippen LogP contribution in [0.15, 0.2) is 24.3 Å². The standard InChI is InChI=1S/C16H17N3O2/c17-9-11-1-3-12(4-2-11)15(20)18-14-7-8-19(10-14)16(21)13-5-6-13/h1-4,13-14H,5-8,10H2,(H,18,20). The molecule has 2 fully saturated rings. The highest BCUT2D eigenvalue weighted by Gasteiger charge is 2.36. The van der Waals surface area contributed by atoms with Crippen molar-refractivity contribution in [2.45, 2.75) is 25.3 Å². The van der Waals surface area contributed by atoms with Crippen molar-refractivity contribution in [3.63, 3.8) is 0 Å². The maximum Gasteiger partial charge on any atom is 0.251 e. The van der Waals surface area contributed by atoms with Crippen LogP contribution in [0.3, 0.4) is 0 Å². The molecule has 0 spiro atoms. The van der Waals surface area contributed by atoms with Crippen molar-refractivity contribution in [2.75, 3.05) is 13.1 Å². The molecule has 1 aliphatic heterocycles. The SMILES string of the molecule is N#Cc1ccc(C(=O)NC2CCN(C(=O)C3CC3)C2)cc1. The molecule has 0 bridgehead atoms. The van der Waals surface area contributed by atoms with Crippen molar-refractivity contribution in [3.05, 3.63) is 35.4 Å². The van der Waals surface area contributed by atoms with Crippen LogP contribution in [0.2, 0.25) is 0 Å². The van der Waals surface area contributed by atoms with Gasteiger partial charge in [-0.1, -0.05) is 0 Å². The molecular formula is C16H17N3O2. The van der Waals surface area contributed by atoms with Gasteiger partial charge in [-0.25, -0.2) is 0 Å². The molecule has 0 radical (unpaired) electrons. The third-order valence-corrected chi connectivity index (χ3v) is 4.04. The molecule has 2 amide bonds. The third-order valence-electron chi connectivity index (χ3n) is 4.04. The molecule has 1 N–H and O–H groups in total. The predicted molar refractivity (Wildman–Crippen MR) is 76.3 cm³/mol. The maximum absolute atomic E-state index is 12.1. The Morgan fingerprint density at radius 2 is 1.90 bits per heavy atom. The van der Waals surface area contributed by atoms with Crippen LogP contribution < -0.4 is 5.32 Å². The fourth-order valence-corrected chi connectivity index (χ4v) is 2.63. The first-order valence-corrected chi connectivity index (χ1v) is 7.27. The van der Waals surface area contributed by atoms with E-state index in [1.54, 1.807) is 24.3 Å². The third kappa shape index (κ3) is 3.05. The Hall–Kier alpha value is -2.35. The Morgan fingerprint density at radius 1 is 1.19 bits per heavy atom. The van der Waals surface area contributed by atoms with Gasteiger partial charge in [0.25, 0.3) is 5.91 Å². The number of hydrogen-bond acceptors (Lipinski definition) is 3. The molecule has 3 rings (SSSR count). The second-order valence-corrected chi connectivity index (χ2v) is 5.71. The minimum atomic E-state index is -0.148. The lowest BCUT2D eigenvalue weighted by Gasteiger charge is -2.17. The number of likely N-dealkylation sites (tertiary alicyclic amines) is 1. The number of hydrogen-bond donors (Lipinski definition) is 1. The van der Waals surface area contributed by atoms with E-state index in [4.69, 9.17) is 5.26 Å². The molecule has 1 heterocycles. The lowest BCUT2D eigenvalue weighted by molar-refractivity contribution is -0.131. The Bertz CT molecular complexity index is 599. The lowest BCUT2D eigenvalue weighted by atomic mass is 10.1. The first-order valence-electron chi connectivity index (χ1n) is 7.27. The zero-order valence-corrected chi connectivity index (χ0v) is 11.7. The lowest BCUT2D eigenvalue weighted by Crippen LogP contribution is -2.38. The summed E-state index contributed by atoms with van der Waals surface area (Å²) in [4.78, 5) is 26.0. The molecular weight excluding hydrogens is 266 g/mol. The van der Waals surface area contributed by atoms with E-state index in [9.17, 15) is 9.59 Å². The summed E-state index contributed by atoms with van der Waals surface area (Å²) in [5.41, 5.74) is 1.08. The Labute approximate surface area is 123 Å². The topological polar surface area (TPSA) is 73.2 Å². The average molecular weight is 283 g/mol. The Morgan fingerprint density at radius 3 is 2.52 bits per heavy atom. The van der Waals surface area contributed by atoms with Gasteiger partial charge >= 0.3 is 0 Å². The minimum absolute atomic E-state index is 0.0239. The van der Waals surface area contributed by atoms with Gasteiger partial charge in [-0.2, -0.15) is 5.26 Å². The highest BCUT2D eigenvalue weighted by Crippen LogP contribution is 2.32. The summed E-state index contributed by atoms with van der Waals surface area (Å²) >= 11 is 0. The van der Waals surface area contributed by atoms with E-state index in [1.165, 1.54) is 0 Å². The second-order valence-electron chi connectivity index (χ2n) is 5.71. The smallest absolute Gasteiger partial charge is 0.251 e. The highest BCUT2D eigenvalue weighted by molar-refractivity contribution is 5.94. The van der Waals surface area contributed by atoms with Gasteiger partial charge in [-0.3, -0.25) is 9.59 Å². The molecule has 1 aromatic rings. The molecule has 1 unspecified atom stereocenters. The summed E-state index contributed by atoms with van der Waals surface area (Å²) < 4.78 is 0. The summed E-state index contributed by atoms with van der Waals surface area (Å²) in [5.74, 6) is 0.327. The van der Waals surface area contributed by atoms with E-state index in [2.05, 4.69) is 5.32 Å². The Kier molecular flexibility index (Phi) is 3.61. The van der Waals surface area contributed by atoms with Gasteiger partial charge < -0.3 is 10.2 Å². The minimum Gasteiger partial charge on any atom is -0.347 e. The molecule has 5 heteroatoms. The molecule has 1 saturated carbocycles. The molecule has 108 valence electrons. The van der Waals surface area contributed by atoms with Gasteiger partial charge in [-0.15, -0.1) is 0 Å². The molecule has 5 nitrogen and oxygen atoms in total. The Balaban J connectivity index is 1.55. The number of benzene rings is 1. The van der Waals surface area contributed by atoms with Gasteiger partial charge in [0, 0.05) is 30.6 Å². The van der Waals surface area contributed by atoms with E-state index >= 15 is 0 Å². The van der Waals surface area contributed by atoms with Crippen molar-refractivity contribution in [2.24, 2.45) is 5.92 Å². The highest BCUT2D eigenvalue weighted by atomic mass is 16.2. The van der Waals surface area contributed by atoms with Crippen LogP contribution in [0.1, 0.15) is 35.2 Å². The van der Waals surface area contributed by atoms with Crippen LogP contribution >= 0.6 is 0 Å². The quantitative estimate of drug-likeness (QED) is 0.908. The van der Waals surface area contributed by atoms with E-state index in [0.29, 0.717) is 17.7 Å². The number of rotatable bonds is 3. The van der Waals surface area contributed by atoms with Crippen LogP contribution in [0.4, 0.5) is 0 Å². The van der Waals surface area contributed by atoms with E-state index in [-0.39, 0.29) is 23.8 Å². The van der Waals surface area contributed by atoms with Gasteiger partial charge in [-0.05, 0) is 43.5 Å². The summed E-state index contributed by atoms with van der Waals surface area (Å²) in [6, 6.07) is 8.61. The van der Waals surface area contributed by atoms with Gasteiger partial charge in [0.05, 0.1) is 11.6 Å². The molecule has 0 aromatic heterocycles. The maximum atomic E-state index is 12.1. The number of amides is 2. The van der Waals surface area contributed by atoms with E-state index < -0.39 is 0 Å². The molecule has 21 heavy (non-hydrogen) atoms. The second kappa shape index (κ2) is 5.57. The van der Waals surface area contributed by atoms with Crippen LogP contribution in [0.25, 0.3) is 0 Å². The number of carbonyl (C=O) groups is 2. The van der Waals surface area contributed by atoms with E-state index in [0.717, 1.165) is 25.8 Å². The van der Waals surface area contributed by atoms with Crippen molar-refractivity contribution in [1.82, 2.24) is 10.2 Å². The zero-order valence-electron chi connectivity index (χ0n) is 11.7. The predicted octanol–water partition coefficient (Wildman–Crippen LogP) is 1.30. The molecule has 2 aliphatic rings.